The van der Waals surface area contributed by atoms with Gasteiger partial charge in [0.05, 0.1) is 17.4 Å². The van der Waals surface area contributed by atoms with Gasteiger partial charge in [-0.25, -0.2) is 18.4 Å². The molecule has 6 nitrogen and oxygen atoms in total. The van der Waals surface area contributed by atoms with Crippen LogP contribution in [0.25, 0.3) is 0 Å². The van der Waals surface area contributed by atoms with Gasteiger partial charge < -0.3 is 5.32 Å². The molecule has 0 spiro atoms. The van der Waals surface area contributed by atoms with Gasteiger partial charge in [0, 0.05) is 25.5 Å². The van der Waals surface area contributed by atoms with E-state index in [0.29, 0.717) is 5.95 Å². The molecule has 1 saturated heterocycles. The highest BCUT2D eigenvalue weighted by molar-refractivity contribution is 7.88. The van der Waals surface area contributed by atoms with E-state index in [0.717, 1.165) is 12.1 Å². The van der Waals surface area contributed by atoms with Gasteiger partial charge in [-0.3, -0.25) is 0 Å². The zero-order chi connectivity index (χ0) is 18.1. The minimum absolute atomic E-state index is 0.109. The van der Waals surface area contributed by atoms with Gasteiger partial charge in [0.2, 0.25) is 16.0 Å². The molecule has 10 heteroatoms. The van der Waals surface area contributed by atoms with Crippen molar-refractivity contribution in [3.8, 4) is 0 Å². The van der Waals surface area contributed by atoms with Crippen LogP contribution in [0.2, 0.25) is 0 Å². The molecule has 1 aliphatic heterocycles. The molecular weight excluding hydrogens is 357 g/mol. The van der Waals surface area contributed by atoms with Crippen LogP contribution in [0.15, 0.2) is 42.7 Å². The fourth-order valence-corrected chi connectivity index (χ4v) is 4.05. The van der Waals surface area contributed by atoms with Crippen molar-refractivity contribution in [2.24, 2.45) is 0 Å². The first-order valence-corrected chi connectivity index (χ1v) is 9.02. The summed E-state index contributed by atoms with van der Waals surface area (Å²) in [7, 11) is -3.68. The van der Waals surface area contributed by atoms with Gasteiger partial charge in [0.1, 0.15) is 0 Å². The third-order valence-corrected chi connectivity index (χ3v) is 5.53. The van der Waals surface area contributed by atoms with Gasteiger partial charge in [-0.15, -0.1) is 0 Å². The van der Waals surface area contributed by atoms with Crippen molar-refractivity contribution in [1.82, 2.24) is 14.3 Å². The third-order valence-electron chi connectivity index (χ3n) is 3.74. The topological polar surface area (TPSA) is 75.2 Å². The second kappa shape index (κ2) is 6.60. The maximum atomic E-state index is 12.7. The van der Waals surface area contributed by atoms with E-state index in [9.17, 15) is 21.6 Å². The molecule has 0 unspecified atom stereocenters. The molecule has 1 aromatic heterocycles. The molecule has 1 aliphatic rings. The summed E-state index contributed by atoms with van der Waals surface area (Å²) in [6.07, 6.45) is -1.37. The molecule has 0 aliphatic carbocycles. The molecule has 0 saturated carbocycles. The minimum atomic E-state index is -4.50. The summed E-state index contributed by atoms with van der Waals surface area (Å²) in [6.45, 7) is 0.444. The molecule has 0 amide bonds. The van der Waals surface area contributed by atoms with Gasteiger partial charge in [-0.2, -0.15) is 17.5 Å². The van der Waals surface area contributed by atoms with E-state index in [1.165, 1.54) is 16.4 Å². The maximum Gasteiger partial charge on any atom is 0.416 e. The first-order chi connectivity index (χ1) is 11.7. The van der Waals surface area contributed by atoms with Gasteiger partial charge in [0.15, 0.2) is 0 Å². The fourth-order valence-electron chi connectivity index (χ4n) is 2.45. The van der Waals surface area contributed by atoms with Crippen molar-refractivity contribution in [1.29, 1.82) is 0 Å². The average Bonchev–Trinajstić information content (AvgIpc) is 2.50. The van der Waals surface area contributed by atoms with Crippen molar-refractivity contribution in [3.63, 3.8) is 0 Å². The lowest BCUT2D eigenvalue weighted by molar-refractivity contribution is -0.137. The standard InChI is InChI=1S/C15H15F3N4O2S/c16-15(17,18)12-4-1-3-11(7-12)10-25(23,24)22-8-13(9-22)21-14-19-5-2-6-20-14/h1-7,13H,8-10H2,(H,19,20,21). The highest BCUT2D eigenvalue weighted by atomic mass is 32.2. The van der Waals surface area contributed by atoms with E-state index < -0.39 is 27.5 Å². The SMILES string of the molecule is O=S(=O)(Cc1cccc(C(F)(F)F)c1)N1CC(Nc2ncccn2)C1. The summed E-state index contributed by atoms with van der Waals surface area (Å²) in [5.74, 6) is -0.0618. The fraction of sp³-hybridized carbons (Fsp3) is 0.333. The van der Waals surface area contributed by atoms with Crippen molar-refractivity contribution in [2.75, 3.05) is 18.4 Å². The summed E-state index contributed by atoms with van der Waals surface area (Å²) >= 11 is 0. The Balaban J connectivity index is 1.60. The Labute approximate surface area is 142 Å². The van der Waals surface area contributed by atoms with Crippen LogP contribution >= 0.6 is 0 Å². The van der Waals surface area contributed by atoms with Crippen LogP contribution in [-0.4, -0.2) is 41.8 Å². The Hall–Kier alpha value is -2.20. The highest BCUT2D eigenvalue weighted by Gasteiger charge is 2.36. The number of nitrogens with zero attached hydrogens (tertiary/aromatic N) is 3. The number of sulfonamides is 1. The van der Waals surface area contributed by atoms with Crippen LogP contribution in [0.5, 0.6) is 0 Å². The van der Waals surface area contributed by atoms with E-state index >= 15 is 0 Å². The molecule has 0 atom stereocenters. The Morgan fingerprint density at radius 1 is 1.16 bits per heavy atom. The van der Waals surface area contributed by atoms with Gasteiger partial charge in [-0.1, -0.05) is 18.2 Å². The summed E-state index contributed by atoms with van der Waals surface area (Å²) in [5, 5.41) is 3.00. The number of rotatable bonds is 5. The van der Waals surface area contributed by atoms with E-state index in [-0.39, 0.29) is 24.7 Å². The van der Waals surface area contributed by atoms with Gasteiger partial charge >= 0.3 is 6.18 Å². The molecule has 2 aromatic rings. The second-order valence-corrected chi connectivity index (χ2v) is 7.65. The Morgan fingerprint density at radius 2 is 1.84 bits per heavy atom. The summed E-state index contributed by atoms with van der Waals surface area (Å²) < 4.78 is 64.0. The molecule has 134 valence electrons. The number of hydrogen-bond donors (Lipinski definition) is 1. The lowest BCUT2D eigenvalue weighted by atomic mass is 10.1. The summed E-state index contributed by atoms with van der Waals surface area (Å²) in [5.41, 5.74) is -0.748. The van der Waals surface area contributed by atoms with Gasteiger partial charge in [-0.05, 0) is 17.7 Å². The van der Waals surface area contributed by atoms with Gasteiger partial charge in [0.25, 0.3) is 0 Å². The monoisotopic (exact) mass is 372 g/mol. The minimum Gasteiger partial charge on any atom is -0.349 e. The Kier molecular flexibility index (Phi) is 4.65. The van der Waals surface area contributed by atoms with Crippen LogP contribution in [0.1, 0.15) is 11.1 Å². The van der Waals surface area contributed by atoms with E-state index in [1.54, 1.807) is 18.5 Å². The first-order valence-electron chi connectivity index (χ1n) is 7.41. The van der Waals surface area contributed by atoms with Crippen molar-refractivity contribution < 1.29 is 21.6 Å². The van der Waals surface area contributed by atoms with Crippen molar-refractivity contribution in [2.45, 2.75) is 18.0 Å². The molecular formula is C15H15F3N4O2S. The largest absolute Gasteiger partial charge is 0.416 e. The number of anilines is 1. The highest BCUT2D eigenvalue weighted by Crippen LogP contribution is 2.30. The van der Waals surface area contributed by atoms with E-state index in [1.807, 2.05) is 0 Å². The third kappa shape index (κ3) is 4.26. The summed E-state index contributed by atoms with van der Waals surface area (Å²) in [4.78, 5) is 7.98. The number of benzene rings is 1. The number of hydrogen-bond acceptors (Lipinski definition) is 5. The second-order valence-electron chi connectivity index (χ2n) is 5.69. The first kappa shape index (κ1) is 17.6. The van der Waals surface area contributed by atoms with E-state index in [2.05, 4.69) is 15.3 Å². The number of nitrogens with one attached hydrogen (secondary N) is 1. The quantitative estimate of drug-likeness (QED) is 0.870. The average molecular weight is 372 g/mol. The number of alkyl halides is 3. The Bertz CT molecular complexity index is 837. The molecule has 2 heterocycles. The molecule has 1 fully saturated rings. The van der Waals surface area contributed by atoms with Crippen LogP contribution in [-0.2, 0) is 22.0 Å². The van der Waals surface area contributed by atoms with Crippen LogP contribution in [0.4, 0.5) is 19.1 Å². The predicted molar refractivity (Wildman–Crippen MR) is 85.1 cm³/mol. The molecule has 3 rings (SSSR count). The molecule has 25 heavy (non-hydrogen) atoms. The zero-order valence-electron chi connectivity index (χ0n) is 12.9. The molecule has 1 aromatic carbocycles. The normalized spacial score (nSPS) is 16.4. The smallest absolute Gasteiger partial charge is 0.349 e. The van der Waals surface area contributed by atoms with Crippen LogP contribution in [0, 0.1) is 0 Å². The number of aromatic nitrogens is 2. The van der Waals surface area contributed by atoms with Crippen LogP contribution in [0.3, 0.4) is 0 Å². The maximum absolute atomic E-state index is 12.7. The van der Waals surface area contributed by atoms with E-state index in [4.69, 9.17) is 0 Å². The molecule has 0 bridgehead atoms. The Morgan fingerprint density at radius 3 is 2.48 bits per heavy atom. The van der Waals surface area contributed by atoms with Crippen molar-refractivity contribution in [3.05, 3.63) is 53.9 Å². The van der Waals surface area contributed by atoms with Crippen molar-refractivity contribution >= 4 is 16.0 Å². The lowest BCUT2D eigenvalue weighted by Gasteiger charge is -2.38. The van der Waals surface area contributed by atoms with Crippen LogP contribution < -0.4 is 5.32 Å². The summed E-state index contributed by atoms with van der Waals surface area (Å²) in [6, 6.07) is 5.90. The molecule has 0 radical (unpaired) electrons. The lowest BCUT2D eigenvalue weighted by Crippen LogP contribution is -2.57. The molecule has 1 N–H and O–H groups in total. The zero-order valence-corrected chi connectivity index (χ0v) is 13.8. The number of halogens is 3. The predicted octanol–water partition coefficient (Wildman–Crippen LogP) is 2.12.